The van der Waals surface area contributed by atoms with Crippen molar-refractivity contribution in [3.05, 3.63) is 21.7 Å². The van der Waals surface area contributed by atoms with Gasteiger partial charge in [-0.1, -0.05) is 18.5 Å². The lowest BCUT2D eigenvalue weighted by Gasteiger charge is -2.34. The number of nitrogens with zero attached hydrogens (tertiary/aromatic N) is 2. The third kappa shape index (κ3) is 2.18. The van der Waals surface area contributed by atoms with Gasteiger partial charge in [0.2, 0.25) is 0 Å². The topological polar surface area (TPSA) is 49.0 Å². The van der Waals surface area contributed by atoms with Crippen molar-refractivity contribution >= 4 is 29.0 Å². The van der Waals surface area contributed by atoms with Crippen LogP contribution in [0.4, 0.5) is 5.82 Å². The predicted molar refractivity (Wildman–Crippen MR) is 65.5 cm³/mol. The van der Waals surface area contributed by atoms with Crippen LogP contribution >= 0.6 is 23.2 Å². The molecule has 16 heavy (non-hydrogen) atoms. The van der Waals surface area contributed by atoms with Gasteiger partial charge in [0.15, 0.2) is 5.82 Å². The van der Waals surface area contributed by atoms with Gasteiger partial charge in [-0.2, -0.15) is 0 Å². The van der Waals surface area contributed by atoms with Crippen molar-refractivity contribution in [3.8, 4) is 0 Å². The number of piperidine rings is 1. The van der Waals surface area contributed by atoms with E-state index in [2.05, 4.69) is 16.9 Å². The summed E-state index contributed by atoms with van der Waals surface area (Å²) in [4.78, 5) is 19.9. The van der Waals surface area contributed by atoms with Gasteiger partial charge in [-0.15, -0.1) is 11.6 Å². The second kappa shape index (κ2) is 4.63. The highest BCUT2D eigenvalue weighted by atomic mass is 35.5. The van der Waals surface area contributed by atoms with Gasteiger partial charge < -0.3 is 9.88 Å². The lowest BCUT2D eigenvalue weighted by atomic mass is 9.99. The Morgan fingerprint density at radius 2 is 2.38 bits per heavy atom. The number of aromatic nitrogens is 2. The molecule has 2 unspecified atom stereocenters. The fraction of sp³-hybridized carbons (Fsp3) is 0.600. The number of nitrogens with one attached hydrogen (secondary N) is 1. The van der Waals surface area contributed by atoms with E-state index in [1.165, 1.54) is 6.33 Å². The van der Waals surface area contributed by atoms with Gasteiger partial charge in [-0.25, -0.2) is 4.98 Å². The molecule has 0 bridgehead atoms. The standard InChI is InChI=1S/C10H13Cl2N3O/c1-6-2-3-15(4-7(6)11)9-8(12)10(16)14-5-13-9/h5-7H,2-4H2,1H3,(H,13,14,16). The summed E-state index contributed by atoms with van der Waals surface area (Å²) in [6.45, 7) is 3.64. The molecule has 0 amide bonds. The zero-order chi connectivity index (χ0) is 11.7. The average molecular weight is 262 g/mol. The van der Waals surface area contributed by atoms with Crippen LogP contribution < -0.4 is 10.5 Å². The smallest absolute Gasteiger partial charge is 0.271 e. The number of hydrogen-bond acceptors (Lipinski definition) is 3. The van der Waals surface area contributed by atoms with Gasteiger partial charge in [0.1, 0.15) is 5.02 Å². The van der Waals surface area contributed by atoms with E-state index in [1.807, 2.05) is 4.90 Å². The van der Waals surface area contributed by atoms with Gasteiger partial charge >= 0.3 is 0 Å². The summed E-state index contributed by atoms with van der Waals surface area (Å²) in [5.41, 5.74) is -0.309. The van der Waals surface area contributed by atoms with Crippen LogP contribution in [-0.4, -0.2) is 28.4 Å². The molecule has 0 spiro atoms. The number of aromatic amines is 1. The van der Waals surface area contributed by atoms with Crippen LogP contribution in [0.2, 0.25) is 5.02 Å². The van der Waals surface area contributed by atoms with Crippen molar-refractivity contribution in [1.29, 1.82) is 0 Å². The summed E-state index contributed by atoms with van der Waals surface area (Å²) in [5.74, 6) is 1.02. The van der Waals surface area contributed by atoms with Crippen molar-refractivity contribution in [3.63, 3.8) is 0 Å². The summed E-state index contributed by atoms with van der Waals surface area (Å²) < 4.78 is 0. The van der Waals surface area contributed by atoms with E-state index in [4.69, 9.17) is 23.2 Å². The van der Waals surface area contributed by atoms with Crippen LogP contribution in [0.15, 0.2) is 11.1 Å². The number of anilines is 1. The molecule has 1 aromatic heterocycles. The van der Waals surface area contributed by atoms with Gasteiger partial charge in [0, 0.05) is 13.1 Å². The van der Waals surface area contributed by atoms with Crippen molar-refractivity contribution in [1.82, 2.24) is 9.97 Å². The Morgan fingerprint density at radius 3 is 3.06 bits per heavy atom. The minimum atomic E-state index is -0.309. The van der Waals surface area contributed by atoms with E-state index in [9.17, 15) is 4.79 Å². The highest BCUT2D eigenvalue weighted by molar-refractivity contribution is 6.32. The van der Waals surface area contributed by atoms with Crippen LogP contribution in [0.3, 0.4) is 0 Å². The van der Waals surface area contributed by atoms with Gasteiger partial charge in [-0.3, -0.25) is 4.79 Å². The lowest BCUT2D eigenvalue weighted by molar-refractivity contribution is 0.443. The molecule has 1 saturated heterocycles. The molecule has 1 fully saturated rings. The largest absolute Gasteiger partial charge is 0.354 e. The summed E-state index contributed by atoms with van der Waals surface area (Å²) in [6, 6.07) is 0. The molecule has 4 nitrogen and oxygen atoms in total. The van der Waals surface area contributed by atoms with Crippen molar-refractivity contribution in [2.75, 3.05) is 18.0 Å². The lowest BCUT2D eigenvalue weighted by Crippen LogP contribution is -2.41. The predicted octanol–water partition coefficient (Wildman–Crippen LogP) is 1.88. The Labute approximate surface area is 104 Å². The maximum absolute atomic E-state index is 11.3. The van der Waals surface area contributed by atoms with Crippen LogP contribution in [0, 0.1) is 5.92 Å². The molecule has 0 aliphatic carbocycles. The number of hydrogen-bond donors (Lipinski definition) is 1. The fourth-order valence-electron chi connectivity index (χ4n) is 1.81. The SMILES string of the molecule is CC1CCN(c2nc[nH]c(=O)c2Cl)CC1Cl. The Bertz CT molecular complexity index is 434. The van der Waals surface area contributed by atoms with Crippen molar-refractivity contribution < 1.29 is 0 Å². The van der Waals surface area contributed by atoms with Crippen LogP contribution in [-0.2, 0) is 0 Å². The summed E-state index contributed by atoms with van der Waals surface area (Å²) in [5, 5.41) is 0.215. The van der Waals surface area contributed by atoms with Crippen molar-refractivity contribution in [2.24, 2.45) is 5.92 Å². The normalized spacial score (nSPS) is 25.8. The third-order valence-corrected chi connectivity index (χ3v) is 3.85. The monoisotopic (exact) mass is 261 g/mol. The summed E-state index contributed by atoms with van der Waals surface area (Å²) >= 11 is 12.1. The molecule has 1 aliphatic rings. The first-order valence-electron chi connectivity index (χ1n) is 5.22. The average Bonchev–Trinajstić information content (AvgIpc) is 2.26. The van der Waals surface area contributed by atoms with Crippen LogP contribution in [0.25, 0.3) is 0 Å². The first-order chi connectivity index (χ1) is 7.59. The molecule has 88 valence electrons. The van der Waals surface area contributed by atoms with E-state index < -0.39 is 0 Å². The zero-order valence-electron chi connectivity index (χ0n) is 8.91. The molecule has 0 aromatic carbocycles. The molecule has 0 radical (unpaired) electrons. The van der Waals surface area contributed by atoms with Gasteiger partial charge in [-0.05, 0) is 12.3 Å². The van der Waals surface area contributed by atoms with E-state index in [0.29, 0.717) is 18.3 Å². The Morgan fingerprint density at radius 1 is 1.62 bits per heavy atom. The number of alkyl halides is 1. The number of halogens is 2. The minimum Gasteiger partial charge on any atom is -0.354 e. The van der Waals surface area contributed by atoms with E-state index in [0.717, 1.165) is 13.0 Å². The molecular formula is C10H13Cl2N3O. The molecule has 2 rings (SSSR count). The molecule has 0 saturated carbocycles. The van der Waals surface area contributed by atoms with Crippen molar-refractivity contribution in [2.45, 2.75) is 18.7 Å². The van der Waals surface area contributed by atoms with Gasteiger partial charge in [0.25, 0.3) is 5.56 Å². The Kier molecular flexibility index (Phi) is 3.40. The molecule has 1 aromatic rings. The summed E-state index contributed by atoms with van der Waals surface area (Å²) in [6.07, 6.45) is 2.35. The molecule has 1 N–H and O–H groups in total. The maximum atomic E-state index is 11.3. The highest BCUT2D eigenvalue weighted by Gasteiger charge is 2.26. The fourth-order valence-corrected chi connectivity index (χ4v) is 2.32. The second-order valence-electron chi connectivity index (χ2n) is 4.10. The van der Waals surface area contributed by atoms with E-state index in [1.54, 1.807) is 0 Å². The zero-order valence-corrected chi connectivity index (χ0v) is 10.4. The minimum absolute atomic E-state index is 0.0749. The quantitative estimate of drug-likeness (QED) is 0.786. The van der Waals surface area contributed by atoms with E-state index >= 15 is 0 Å². The van der Waals surface area contributed by atoms with Gasteiger partial charge in [0.05, 0.1) is 11.7 Å². The highest BCUT2D eigenvalue weighted by Crippen LogP contribution is 2.27. The first-order valence-corrected chi connectivity index (χ1v) is 6.03. The van der Waals surface area contributed by atoms with E-state index in [-0.39, 0.29) is 16.0 Å². The Hall–Kier alpha value is -0.740. The van der Waals surface area contributed by atoms with Crippen LogP contribution in [0.1, 0.15) is 13.3 Å². The van der Waals surface area contributed by atoms with Crippen LogP contribution in [0.5, 0.6) is 0 Å². The first kappa shape index (κ1) is 11.7. The molecule has 1 aliphatic heterocycles. The second-order valence-corrected chi connectivity index (χ2v) is 5.04. The molecule has 6 heteroatoms. The third-order valence-electron chi connectivity index (χ3n) is 2.94. The maximum Gasteiger partial charge on any atom is 0.271 e. The Balaban J connectivity index is 2.25. The molecule has 2 atom stereocenters. The number of rotatable bonds is 1. The summed E-state index contributed by atoms with van der Waals surface area (Å²) in [7, 11) is 0. The number of H-pyrrole nitrogens is 1. The molecular weight excluding hydrogens is 249 g/mol. The molecule has 2 heterocycles.